The quantitative estimate of drug-likeness (QED) is 0.331. The molecule has 0 atom stereocenters. The molecule has 0 aliphatic carbocycles. The van der Waals surface area contributed by atoms with Gasteiger partial charge >= 0.3 is 0 Å². The molecule has 1 aromatic carbocycles. The first-order chi connectivity index (χ1) is 12.3. The van der Waals surface area contributed by atoms with E-state index in [1.165, 1.54) is 82.9 Å². The molecule has 0 amide bonds. The Balaban J connectivity index is 3.07. The molecule has 0 fully saturated rings. The van der Waals surface area contributed by atoms with Gasteiger partial charge in [-0.15, -0.1) is 0 Å². The van der Waals surface area contributed by atoms with Gasteiger partial charge in [-0.2, -0.15) is 0 Å². The Bertz CT molecular complexity index is 374. The van der Waals surface area contributed by atoms with Crippen molar-refractivity contribution in [2.45, 2.75) is 79.1 Å². The monoisotopic (exact) mass is 364 g/mol. The molecule has 3 heteroatoms. The SMILES string of the molecule is CCCCN(CCCC)P(c1ccccc1)N(CCCC)CCCC. The van der Waals surface area contributed by atoms with Gasteiger partial charge < -0.3 is 0 Å². The van der Waals surface area contributed by atoms with E-state index in [0.29, 0.717) is 0 Å². The normalized spacial score (nSPS) is 11.8. The predicted molar refractivity (Wildman–Crippen MR) is 116 cm³/mol. The summed E-state index contributed by atoms with van der Waals surface area (Å²) in [6, 6.07) is 11.3. The van der Waals surface area contributed by atoms with Crippen LogP contribution < -0.4 is 5.30 Å². The van der Waals surface area contributed by atoms with E-state index in [4.69, 9.17) is 0 Å². The van der Waals surface area contributed by atoms with E-state index in [-0.39, 0.29) is 8.22 Å². The van der Waals surface area contributed by atoms with E-state index in [9.17, 15) is 0 Å². The van der Waals surface area contributed by atoms with E-state index in [0.717, 1.165) is 0 Å². The highest BCUT2D eigenvalue weighted by molar-refractivity contribution is 7.61. The smallest absolute Gasteiger partial charge is 0.0724 e. The molecule has 0 aliphatic heterocycles. The van der Waals surface area contributed by atoms with E-state index in [2.05, 4.69) is 67.4 Å². The van der Waals surface area contributed by atoms with Gasteiger partial charge in [0.15, 0.2) is 0 Å². The molecular formula is C22H41N2P. The van der Waals surface area contributed by atoms with Crippen molar-refractivity contribution in [2.24, 2.45) is 0 Å². The second-order valence-electron chi connectivity index (χ2n) is 6.95. The third-order valence-corrected chi connectivity index (χ3v) is 7.23. The molecule has 1 rings (SSSR count). The summed E-state index contributed by atoms with van der Waals surface area (Å²) in [6.45, 7) is 14.2. The Morgan fingerprint density at radius 1 is 0.600 bits per heavy atom. The van der Waals surface area contributed by atoms with Crippen LogP contribution in [0.3, 0.4) is 0 Å². The molecular weight excluding hydrogens is 323 g/mol. The first kappa shape index (κ1) is 22.6. The van der Waals surface area contributed by atoms with Crippen LogP contribution in [0.4, 0.5) is 0 Å². The summed E-state index contributed by atoms with van der Waals surface area (Å²) in [4.78, 5) is 0. The summed E-state index contributed by atoms with van der Waals surface area (Å²) < 4.78 is 5.64. The number of nitrogens with zero attached hydrogens (tertiary/aromatic N) is 2. The number of hydrogen-bond donors (Lipinski definition) is 0. The largest absolute Gasteiger partial charge is 0.266 e. The molecule has 0 spiro atoms. The lowest BCUT2D eigenvalue weighted by Crippen LogP contribution is -2.36. The van der Waals surface area contributed by atoms with E-state index < -0.39 is 0 Å². The minimum Gasteiger partial charge on any atom is -0.266 e. The van der Waals surface area contributed by atoms with Gasteiger partial charge in [0.25, 0.3) is 0 Å². The zero-order valence-electron chi connectivity index (χ0n) is 17.2. The second-order valence-corrected chi connectivity index (χ2v) is 9.17. The molecule has 2 nitrogen and oxygen atoms in total. The zero-order chi connectivity index (χ0) is 18.3. The standard InChI is InChI=1S/C22H41N2P/c1-5-9-18-23(19-10-6-2)25(22-16-14-13-15-17-22)24(20-11-7-3)21-12-8-4/h13-17H,5-12,18-21H2,1-4H3. The van der Waals surface area contributed by atoms with Gasteiger partial charge in [0, 0.05) is 31.5 Å². The molecule has 1 aromatic rings. The van der Waals surface area contributed by atoms with Gasteiger partial charge in [-0.05, 0) is 25.7 Å². The first-order valence-electron chi connectivity index (χ1n) is 10.6. The van der Waals surface area contributed by atoms with Crippen LogP contribution in [-0.4, -0.2) is 35.5 Å². The van der Waals surface area contributed by atoms with Crippen LogP contribution in [0.1, 0.15) is 79.1 Å². The number of rotatable bonds is 15. The highest BCUT2D eigenvalue weighted by Crippen LogP contribution is 2.44. The van der Waals surface area contributed by atoms with Gasteiger partial charge in [-0.25, -0.2) is 0 Å². The van der Waals surface area contributed by atoms with Crippen LogP contribution in [0.5, 0.6) is 0 Å². The average Bonchev–Trinajstić information content (AvgIpc) is 2.66. The fraction of sp³-hybridized carbons (Fsp3) is 0.727. The first-order valence-corrected chi connectivity index (χ1v) is 11.9. The van der Waals surface area contributed by atoms with Crippen molar-refractivity contribution in [3.05, 3.63) is 30.3 Å². The summed E-state index contributed by atoms with van der Waals surface area (Å²) in [5, 5.41) is 1.54. The van der Waals surface area contributed by atoms with E-state index in [1.54, 1.807) is 0 Å². The molecule has 0 bridgehead atoms. The van der Waals surface area contributed by atoms with Gasteiger partial charge in [0.1, 0.15) is 0 Å². The van der Waals surface area contributed by atoms with Gasteiger partial charge in [-0.3, -0.25) is 9.34 Å². The third-order valence-electron chi connectivity index (χ3n) is 4.60. The van der Waals surface area contributed by atoms with E-state index in [1.807, 2.05) is 0 Å². The molecule has 0 heterocycles. The predicted octanol–water partition coefficient (Wildman–Crippen LogP) is 6.43. The lowest BCUT2D eigenvalue weighted by Gasteiger charge is -2.40. The molecule has 25 heavy (non-hydrogen) atoms. The second kappa shape index (κ2) is 14.7. The highest BCUT2D eigenvalue weighted by Gasteiger charge is 2.26. The van der Waals surface area contributed by atoms with Crippen molar-refractivity contribution in [3.8, 4) is 0 Å². The molecule has 0 saturated heterocycles. The summed E-state index contributed by atoms with van der Waals surface area (Å²) in [7, 11) is -0.362. The van der Waals surface area contributed by atoms with Gasteiger partial charge in [0.2, 0.25) is 0 Å². The van der Waals surface area contributed by atoms with Crippen LogP contribution in [0, 0.1) is 0 Å². The van der Waals surface area contributed by atoms with Crippen molar-refractivity contribution >= 4 is 13.5 Å². The minimum absolute atomic E-state index is 0.362. The molecule has 0 N–H and O–H groups in total. The maximum absolute atomic E-state index is 2.82. The Kier molecular flexibility index (Phi) is 13.3. The lowest BCUT2D eigenvalue weighted by atomic mass is 10.3. The Morgan fingerprint density at radius 3 is 1.28 bits per heavy atom. The number of benzene rings is 1. The van der Waals surface area contributed by atoms with Crippen LogP contribution in [0.15, 0.2) is 30.3 Å². The zero-order valence-corrected chi connectivity index (χ0v) is 18.1. The van der Waals surface area contributed by atoms with Crippen molar-refractivity contribution in [1.29, 1.82) is 0 Å². The fourth-order valence-corrected chi connectivity index (χ4v) is 5.81. The minimum atomic E-state index is -0.362. The van der Waals surface area contributed by atoms with Crippen LogP contribution in [0.25, 0.3) is 0 Å². The van der Waals surface area contributed by atoms with Crippen molar-refractivity contribution in [2.75, 3.05) is 26.2 Å². The Morgan fingerprint density at radius 2 is 0.960 bits per heavy atom. The van der Waals surface area contributed by atoms with Crippen LogP contribution in [-0.2, 0) is 0 Å². The maximum Gasteiger partial charge on any atom is 0.0724 e. The molecule has 0 unspecified atom stereocenters. The molecule has 0 aliphatic rings. The Hall–Kier alpha value is -0.430. The van der Waals surface area contributed by atoms with Crippen molar-refractivity contribution < 1.29 is 0 Å². The summed E-state index contributed by atoms with van der Waals surface area (Å²) in [5.74, 6) is 0. The van der Waals surface area contributed by atoms with Gasteiger partial charge in [0.05, 0.1) is 8.22 Å². The third kappa shape index (κ3) is 8.67. The lowest BCUT2D eigenvalue weighted by molar-refractivity contribution is 0.367. The number of unbranched alkanes of at least 4 members (excludes halogenated alkanes) is 4. The topological polar surface area (TPSA) is 6.48 Å². The fourth-order valence-electron chi connectivity index (χ4n) is 3.03. The number of hydrogen-bond acceptors (Lipinski definition) is 2. The highest BCUT2D eigenvalue weighted by atomic mass is 31.1. The Labute approximate surface area is 158 Å². The van der Waals surface area contributed by atoms with Crippen molar-refractivity contribution in [1.82, 2.24) is 9.34 Å². The van der Waals surface area contributed by atoms with Gasteiger partial charge in [-0.1, -0.05) is 83.7 Å². The summed E-state index contributed by atoms with van der Waals surface area (Å²) in [5.41, 5.74) is 0. The van der Waals surface area contributed by atoms with E-state index >= 15 is 0 Å². The summed E-state index contributed by atoms with van der Waals surface area (Å²) >= 11 is 0. The average molecular weight is 365 g/mol. The molecule has 0 saturated carbocycles. The van der Waals surface area contributed by atoms with Crippen molar-refractivity contribution in [3.63, 3.8) is 0 Å². The molecule has 144 valence electrons. The van der Waals surface area contributed by atoms with Crippen LogP contribution >= 0.6 is 8.22 Å². The summed E-state index contributed by atoms with van der Waals surface area (Å²) in [6.07, 6.45) is 10.4. The maximum atomic E-state index is 2.82. The molecule has 0 aromatic heterocycles. The molecule has 0 radical (unpaired) electrons. The van der Waals surface area contributed by atoms with Crippen LogP contribution in [0.2, 0.25) is 0 Å².